The summed E-state index contributed by atoms with van der Waals surface area (Å²) in [5, 5.41) is 3.10. The number of nitrogens with zero attached hydrogens (tertiary/aromatic N) is 1. The van der Waals surface area contributed by atoms with Crippen LogP contribution in [0, 0.1) is 11.8 Å². The molecule has 1 aliphatic heterocycles. The molecule has 14 heavy (non-hydrogen) atoms. The molecule has 1 aliphatic carbocycles. The van der Waals surface area contributed by atoms with Crippen molar-refractivity contribution in [3.05, 3.63) is 0 Å². The smallest absolute Gasteiger partial charge is 0.237 e. The summed E-state index contributed by atoms with van der Waals surface area (Å²) >= 11 is 0. The Balaban J connectivity index is 1.77. The number of carbonyl (C=O) groups is 1. The van der Waals surface area contributed by atoms with Crippen LogP contribution in [0.25, 0.3) is 0 Å². The highest BCUT2D eigenvalue weighted by Gasteiger charge is 2.25. The lowest BCUT2D eigenvalue weighted by Gasteiger charge is -2.29. The van der Waals surface area contributed by atoms with Crippen molar-refractivity contribution in [3.63, 3.8) is 0 Å². The van der Waals surface area contributed by atoms with E-state index in [0.29, 0.717) is 6.54 Å². The number of hydrogen-bond acceptors (Lipinski definition) is 2. The van der Waals surface area contributed by atoms with Gasteiger partial charge in [0.1, 0.15) is 0 Å². The number of hydrogen-bond donors (Lipinski definition) is 1. The Morgan fingerprint density at radius 1 is 1.36 bits per heavy atom. The molecule has 3 nitrogen and oxygen atoms in total. The lowest BCUT2D eigenvalue weighted by molar-refractivity contribution is -0.127. The zero-order valence-corrected chi connectivity index (χ0v) is 8.96. The average molecular weight is 196 g/mol. The van der Waals surface area contributed by atoms with Gasteiger partial charge in [-0.1, -0.05) is 19.8 Å². The first-order valence-corrected chi connectivity index (χ1v) is 5.74. The van der Waals surface area contributed by atoms with E-state index in [4.69, 9.17) is 0 Å². The van der Waals surface area contributed by atoms with Gasteiger partial charge in [-0.25, -0.2) is 0 Å². The van der Waals surface area contributed by atoms with Gasteiger partial charge in [0, 0.05) is 6.54 Å². The van der Waals surface area contributed by atoms with Gasteiger partial charge in [0.2, 0.25) is 5.91 Å². The highest BCUT2D eigenvalue weighted by Crippen LogP contribution is 2.28. The van der Waals surface area contributed by atoms with E-state index in [0.717, 1.165) is 25.0 Å². The van der Waals surface area contributed by atoms with Crippen LogP contribution in [0.2, 0.25) is 0 Å². The molecule has 0 bridgehead atoms. The minimum Gasteiger partial charge on any atom is -0.329 e. The van der Waals surface area contributed by atoms with Crippen LogP contribution in [0.1, 0.15) is 32.6 Å². The Bertz CT molecular complexity index is 209. The van der Waals surface area contributed by atoms with Crippen molar-refractivity contribution in [1.82, 2.24) is 10.2 Å². The van der Waals surface area contributed by atoms with Crippen molar-refractivity contribution in [2.24, 2.45) is 11.8 Å². The SMILES string of the molecule is CC1CCC(CN2CNCC2=O)CC1. The largest absolute Gasteiger partial charge is 0.329 e. The lowest BCUT2D eigenvalue weighted by Crippen LogP contribution is -2.33. The molecule has 1 saturated heterocycles. The maximum atomic E-state index is 11.4. The van der Waals surface area contributed by atoms with Gasteiger partial charge < -0.3 is 4.90 Å². The van der Waals surface area contributed by atoms with E-state index in [2.05, 4.69) is 12.2 Å². The fourth-order valence-corrected chi connectivity index (χ4v) is 2.49. The molecule has 2 rings (SSSR count). The minimum absolute atomic E-state index is 0.281. The number of carbonyl (C=O) groups excluding carboxylic acids is 1. The van der Waals surface area contributed by atoms with Crippen molar-refractivity contribution in [1.29, 1.82) is 0 Å². The summed E-state index contributed by atoms with van der Waals surface area (Å²) in [5.41, 5.74) is 0. The summed E-state index contributed by atoms with van der Waals surface area (Å²) in [5.74, 6) is 1.94. The molecule has 2 aliphatic rings. The molecule has 0 aromatic heterocycles. The van der Waals surface area contributed by atoms with Crippen LogP contribution in [0.3, 0.4) is 0 Å². The summed E-state index contributed by atoms with van der Waals surface area (Å²) in [6.45, 7) is 4.63. The molecule has 3 heteroatoms. The predicted molar refractivity (Wildman–Crippen MR) is 55.7 cm³/mol. The topological polar surface area (TPSA) is 32.3 Å². The summed E-state index contributed by atoms with van der Waals surface area (Å²) < 4.78 is 0. The van der Waals surface area contributed by atoms with E-state index in [1.54, 1.807) is 0 Å². The van der Waals surface area contributed by atoms with Crippen molar-refractivity contribution in [2.45, 2.75) is 32.6 Å². The molecule has 2 fully saturated rings. The van der Waals surface area contributed by atoms with Gasteiger partial charge in [0.05, 0.1) is 13.2 Å². The summed E-state index contributed by atoms with van der Waals surface area (Å²) in [6, 6.07) is 0. The number of rotatable bonds is 2. The van der Waals surface area contributed by atoms with Gasteiger partial charge in [-0.3, -0.25) is 10.1 Å². The van der Waals surface area contributed by atoms with Gasteiger partial charge in [-0.15, -0.1) is 0 Å². The first kappa shape index (κ1) is 9.97. The molecular formula is C11H20N2O. The summed E-state index contributed by atoms with van der Waals surface area (Å²) in [4.78, 5) is 13.3. The van der Waals surface area contributed by atoms with E-state index in [1.807, 2.05) is 4.90 Å². The van der Waals surface area contributed by atoms with Gasteiger partial charge >= 0.3 is 0 Å². The fourth-order valence-electron chi connectivity index (χ4n) is 2.49. The number of nitrogens with one attached hydrogen (secondary N) is 1. The molecule has 0 spiro atoms. The van der Waals surface area contributed by atoms with Crippen LogP contribution in [0.5, 0.6) is 0 Å². The number of amides is 1. The maximum absolute atomic E-state index is 11.4. The van der Waals surface area contributed by atoms with Gasteiger partial charge in [-0.2, -0.15) is 0 Å². The molecule has 1 heterocycles. The second-order valence-electron chi connectivity index (χ2n) is 4.83. The highest BCUT2D eigenvalue weighted by atomic mass is 16.2. The Morgan fingerprint density at radius 3 is 2.64 bits per heavy atom. The van der Waals surface area contributed by atoms with Crippen LogP contribution >= 0.6 is 0 Å². The molecule has 1 amide bonds. The van der Waals surface area contributed by atoms with Crippen LogP contribution in [0.15, 0.2) is 0 Å². The van der Waals surface area contributed by atoms with Crippen LogP contribution in [-0.4, -0.2) is 30.6 Å². The van der Waals surface area contributed by atoms with Gasteiger partial charge in [0.25, 0.3) is 0 Å². The van der Waals surface area contributed by atoms with Crippen molar-refractivity contribution >= 4 is 5.91 Å². The van der Waals surface area contributed by atoms with Crippen LogP contribution < -0.4 is 5.32 Å². The Kier molecular flexibility index (Phi) is 3.06. The zero-order valence-electron chi connectivity index (χ0n) is 8.96. The Hall–Kier alpha value is -0.570. The average Bonchev–Trinajstić information content (AvgIpc) is 2.56. The third kappa shape index (κ3) is 2.27. The summed E-state index contributed by atoms with van der Waals surface area (Å²) in [7, 11) is 0. The second kappa shape index (κ2) is 4.30. The molecule has 1 saturated carbocycles. The van der Waals surface area contributed by atoms with E-state index < -0.39 is 0 Å². The molecule has 0 aromatic rings. The van der Waals surface area contributed by atoms with Crippen molar-refractivity contribution in [2.75, 3.05) is 19.8 Å². The molecule has 1 N–H and O–H groups in total. The summed E-state index contributed by atoms with van der Waals surface area (Å²) in [6.07, 6.45) is 5.32. The van der Waals surface area contributed by atoms with Crippen LogP contribution in [0.4, 0.5) is 0 Å². The first-order chi connectivity index (χ1) is 6.75. The molecule has 0 radical (unpaired) electrons. The second-order valence-corrected chi connectivity index (χ2v) is 4.83. The van der Waals surface area contributed by atoms with E-state index in [9.17, 15) is 4.79 Å². The van der Waals surface area contributed by atoms with E-state index in [-0.39, 0.29) is 5.91 Å². The molecule has 80 valence electrons. The predicted octanol–water partition coefficient (Wildman–Crippen LogP) is 1.20. The normalized spacial score (nSPS) is 33.8. The van der Waals surface area contributed by atoms with E-state index in [1.165, 1.54) is 25.7 Å². The minimum atomic E-state index is 0.281. The van der Waals surface area contributed by atoms with Gasteiger partial charge in [0.15, 0.2) is 0 Å². The Morgan fingerprint density at radius 2 is 2.07 bits per heavy atom. The molecule has 0 atom stereocenters. The molecule has 0 aromatic carbocycles. The maximum Gasteiger partial charge on any atom is 0.237 e. The van der Waals surface area contributed by atoms with Crippen molar-refractivity contribution < 1.29 is 4.79 Å². The van der Waals surface area contributed by atoms with E-state index >= 15 is 0 Å². The van der Waals surface area contributed by atoms with Gasteiger partial charge in [-0.05, 0) is 24.7 Å². The molecular weight excluding hydrogens is 176 g/mol. The van der Waals surface area contributed by atoms with Crippen LogP contribution in [-0.2, 0) is 4.79 Å². The molecule has 0 unspecified atom stereocenters. The Labute approximate surface area is 85.8 Å². The lowest BCUT2D eigenvalue weighted by atomic mass is 9.83. The van der Waals surface area contributed by atoms with Crippen molar-refractivity contribution in [3.8, 4) is 0 Å². The zero-order chi connectivity index (χ0) is 9.97. The third-order valence-corrected chi connectivity index (χ3v) is 3.55. The monoisotopic (exact) mass is 196 g/mol. The standard InChI is InChI=1S/C11H20N2O/c1-9-2-4-10(5-3-9)7-13-8-12-6-11(13)14/h9-10,12H,2-8H2,1H3. The fraction of sp³-hybridized carbons (Fsp3) is 0.909. The quantitative estimate of drug-likeness (QED) is 0.720. The third-order valence-electron chi connectivity index (χ3n) is 3.55. The first-order valence-electron chi connectivity index (χ1n) is 5.74. The highest BCUT2D eigenvalue weighted by molar-refractivity contribution is 5.79.